The fraction of sp³-hybridized carbons (Fsp3) is 0.278. The van der Waals surface area contributed by atoms with Crippen molar-refractivity contribution in [3.63, 3.8) is 0 Å². The van der Waals surface area contributed by atoms with Gasteiger partial charge in [-0.05, 0) is 18.9 Å². The van der Waals surface area contributed by atoms with Gasteiger partial charge in [-0.3, -0.25) is 14.5 Å². The van der Waals surface area contributed by atoms with Crippen LogP contribution in [0.3, 0.4) is 0 Å². The van der Waals surface area contributed by atoms with E-state index in [1.807, 2.05) is 31.4 Å². The highest BCUT2D eigenvalue weighted by Crippen LogP contribution is 2.33. The van der Waals surface area contributed by atoms with Crippen molar-refractivity contribution in [3.8, 4) is 0 Å². The summed E-state index contributed by atoms with van der Waals surface area (Å²) in [4.78, 5) is 31.0. The zero-order valence-electron chi connectivity index (χ0n) is 13.9. The minimum atomic E-state index is -0.663. The lowest BCUT2D eigenvalue weighted by molar-refractivity contribution is -0.119. The molecule has 24 heavy (non-hydrogen) atoms. The Hall–Kier alpha value is -2.47. The molecule has 0 saturated carbocycles. The lowest BCUT2D eigenvalue weighted by atomic mass is 10.1. The number of hydrogen-bond donors (Lipinski definition) is 1. The molecule has 6 heteroatoms. The van der Waals surface area contributed by atoms with Gasteiger partial charge in [0.2, 0.25) is 5.91 Å². The number of rotatable bonds is 4. The van der Waals surface area contributed by atoms with Crippen LogP contribution in [0.15, 0.2) is 36.2 Å². The second kappa shape index (κ2) is 6.20. The molecule has 2 amide bonds. The van der Waals surface area contributed by atoms with Crippen LogP contribution in [0, 0.1) is 0 Å². The van der Waals surface area contributed by atoms with E-state index in [0.29, 0.717) is 22.3 Å². The highest BCUT2D eigenvalue weighted by atomic mass is 32.1. The van der Waals surface area contributed by atoms with Crippen molar-refractivity contribution in [1.82, 2.24) is 9.88 Å². The summed E-state index contributed by atoms with van der Waals surface area (Å²) in [5, 5.41) is 5.27. The number of benzene rings is 1. The van der Waals surface area contributed by atoms with Crippen LogP contribution in [-0.2, 0) is 4.79 Å². The Morgan fingerprint density at radius 3 is 2.50 bits per heavy atom. The van der Waals surface area contributed by atoms with E-state index in [9.17, 15) is 9.59 Å². The zero-order chi connectivity index (χ0) is 17.4. The summed E-state index contributed by atoms with van der Waals surface area (Å²) in [6.07, 6.45) is 0. The fourth-order valence-electron chi connectivity index (χ4n) is 2.65. The van der Waals surface area contributed by atoms with Crippen LogP contribution in [0.1, 0.15) is 48.3 Å². The van der Waals surface area contributed by atoms with Crippen LogP contribution in [0.5, 0.6) is 0 Å². The Kier molecular flexibility index (Phi) is 4.24. The molecule has 5 nitrogen and oxygen atoms in total. The number of anilines is 1. The first-order chi connectivity index (χ1) is 11.4. The molecule has 0 aliphatic carbocycles. The number of nitrogens with one attached hydrogen (secondary N) is 1. The van der Waals surface area contributed by atoms with Gasteiger partial charge in [0, 0.05) is 22.2 Å². The summed E-state index contributed by atoms with van der Waals surface area (Å²) in [5.74, 6) is -0.166. The maximum atomic E-state index is 12.6. The monoisotopic (exact) mass is 341 g/mol. The predicted octanol–water partition coefficient (Wildman–Crippen LogP) is 3.72. The van der Waals surface area contributed by atoms with Crippen molar-refractivity contribution >= 4 is 34.0 Å². The van der Waals surface area contributed by atoms with Gasteiger partial charge in [-0.1, -0.05) is 38.6 Å². The Balaban J connectivity index is 1.77. The van der Waals surface area contributed by atoms with E-state index in [2.05, 4.69) is 16.9 Å². The van der Waals surface area contributed by atoms with Crippen LogP contribution >= 0.6 is 11.3 Å². The van der Waals surface area contributed by atoms with Crippen LogP contribution in [0.4, 0.5) is 5.13 Å². The molecule has 1 aromatic carbocycles. The second-order valence-electron chi connectivity index (χ2n) is 6.06. The third-order valence-corrected chi connectivity index (χ3v) is 4.86. The van der Waals surface area contributed by atoms with Crippen molar-refractivity contribution in [1.29, 1.82) is 0 Å². The van der Waals surface area contributed by atoms with E-state index in [0.717, 1.165) is 11.3 Å². The smallest absolute Gasteiger partial charge is 0.259 e. The Labute approximate surface area is 145 Å². The number of carbonyl (C=O) groups excluding carboxylic acids is 2. The fourth-order valence-corrected chi connectivity index (χ4v) is 3.52. The molecule has 2 aromatic rings. The zero-order valence-corrected chi connectivity index (χ0v) is 14.7. The molecular weight excluding hydrogens is 322 g/mol. The normalized spacial score (nSPS) is 14.9. The third-order valence-electron chi connectivity index (χ3n) is 4.09. The van der Waals surface area contributed by atoms with Gasteiger partial charge < -0.3 is 5.32 Å². The summed E-state index contributed by atoms with van der Waals surface area (Å²) in [7, 11) is 0. The van der Waals surface area contributed by atoms with Gasteiger partial charge in [0.25, 0.3) is 5.91 Å². The van der Waals surface area contributed by atoms with E-state index in [4.69, 9.17) is 0 Å². The van der Waals surface area contributed by atoms with Gasteiger partial charge in [-0.2, -0.15) is 0 Å². The molecule has 1 aliphatic heterocycles. The summed E-state index contributed by atoms with van der Waals surface area (Å²) in [6, 6.07) is 6.60. The van der Waals surface area contributed by atoms with E-state index >= 15 is 0 Å². The van der Waals surface area contributed by atoms with Crippen LogP contribution in [0.25, 0.3) is 5.70 Å². The number of amides is 2. The van der Waals surface area contributed by atoms with Crippen LogP contribution in [0.2, 0.25) is 0 Å². The van der Waals surface area contributed by atoms with E-state index in [1.54, 1.807) is 19.1 Å². The first kappa shape index (κ1) is 16.4. The Morgan fingerprint density at radius 2 is 1.92 bits per heavy atom. The molecule has 0 bridgehead atoms. The van der Waals surface area contributed by atoms with Crippen molar-refractivity contribution in [3.05, 3.63) is 53.0 Å². The number of thiazole rings is 1. The minimum absolute atomic E-state index is 0.194. The van der Waals surface area contributed by atoms with Gasteiger partial charge in [-0.15, -0.1) is 11.3 Å². The molecule has 1 N–H and O–H groups in total. The molecule has 1 aliphatic rings. The molecule has 0 spiro atoms. The summed E-state index contributed by atoms with van der Waals surface area (Å²) in [5.41, 5.74) is 2.86. The van der Waals surface area contributed by atoms with Crippen molar-refractivity contribution < 1.29 is 9.59 Å². The lowest BCUT2D eigenvalue weighted by Crippen LogP contribution is -2.41. The highest BCUT2D eigenvalue weighted by Gasteiger charge is 2.36. The lowest BCUT2D eigenvalue weighted by Gasteiger charge is -2.24. The maximum absolute atomic E-state index is 12.6. The average Bonchev–Trinajstić information content (AvgIpc) is 3.12. The van der Waals surface area contributed by atoms with E-state index < -0.39 is 6.04 Å². The Morgan fingerprint density at radius 1 is 1.25 bits per heavy atom. The number of aromatic nitrogens is 1. The van der Waals surface area contributed by atoms with Crippen molar-refractivity contribution in [2.75, 3.05) is 5.32 Å². The van der Waals surface area contributed by atoms with Gasteiger partial charge >= 0.3 is 0 Å². The van der Waals surface area contributed by atoms with Crippen LogP contribution < -0.4 is 5.32 Å². The molecule has 0 fully saturated rings. The number of carbonyl (C=O) groups is 2. The highest BCUT2D eigenvalue weighted by molar-refractivity contribution is 7.13. The summed E-state index contributed by atoms with van der Waals surface area (Å²) >= 11 is 1.39. The molecule has 2 heterocycles. The predicted molar refractivity (Wildman–Crippen MR) is 95.9 cm³/mol. The summed E-state index contributed by atoms with van der Waals surface area (Å²) < 4.78 is 0. The van der Waals surface area contributed by atoms with Gasteiger partial charge in [0.15, 0.2) is 5.13 Å². The third kappa shape index (κ3) is 2.73. The number of hydrogen-bond acceptors (Lipinski definition) is 4. The number of nitrogens with zero attached hydrogens (tertiary/aromatic N) is 2. The minimum Gasteiger partial charge on any atom is -0.300 e. The topological polar surface area (TPSA) is 62.3 Å². The standard InChI is InChI=1S/C18H19N3O2S/c1-10(2)15-9-24-18(19-15)20-16(22)12(4)21-11(3)13-7-5-6-8-14(13)17(21)23/h5-10,12H,3H2,1-2,4H3,(H,19,20,22). The first-order valence-electron chi connectivity index (χ1n) is 7.78. The largest absolute Gasteiger partial charge is 0.300 e. The second-order valence-corrected chi connectivity index (χ2v) is 6.92. The molecule has 3 rings (SSSR count). The summed E-state index contributed by atoms with van der Waals surface area (Å²) in [6.45, 7) is 9.77. The molecule has 0 saturated heterocycles. The van der Waals surface area contributed by atoms with Crippen molar-refractivity contribution in [2.45, 2.75) is 32.7 Å². The van der Waals surface area contributed by atoms with E-state index in [1.165, 1.54) is 16.2 Å². The molecule has 1 unspecified atom stereocenters. The molecule has 0 radical (unpaired) electrons. The van der Waals surface area contributed by atoms with Gasteiger partial charge in [-0.25, -0.2) is 4.98 Å². The first-order valence-corrected chi connectivity index (χ1v) is 8.66. The quantitative estimate of drug-likeness (QED) is 0.922. The number of fused-ring (bicyclic) bond motifs is 1. The maximum Gasteiger partial charge on any atom is 0.259 e. The van der Waals surface area contributed by atoms with E-state index in [-0.39, 0.29) is 11.8 Å². The SMILES string of the molecule is C=C1c2ccccc2C(=O)N1C(C)C(=O)Nc1nc(C(C)C)cs1. The molecule has 1 aromatic heterocycles. The van der Waals surface area contributed by atoms with Gasteiger partial charge in [0.05, 0.1) is 5.69 Å². The molecule has 1 atom stereocenters. The molecular formula is C18H19N3O2S. The van der Waals surface area contributed by atoms with Crippen LogP contribution in [-0.4, -0.2) is 27.7 Å². The Bertz CT molecular complexity index is 790. The molecule has 124 valence electrons. The van der Waals surface area contributed by atoms with Crippen molar-refractivity contribution in [2.24, 2.45) is 0 Å². The average molecular weight is 341 g/mol. The van der Waals surface area contributed by atoms with Gasteiger partial charge in [0.1, 0.15) is 6.04 Å².